The fourth-order valence-corrected chi connectivity index (χ4v) is 1.80. The third-order valence-corrected chi connectivity index (χ3v) is 3.26. The zero-order valence-corrected chi connectivity index (χ0v) is 9.56. The zero-order valence-electron chi connectivity index (χ0n) is 9.56. The molecule has 0 spiro atoms. The van der Waals surface area contributed by atoms with Crippen LogP contribution < -0.4 is 11.1 Å². The van der Waals surface area contributed by atoms with Crippen molar-refractivity contribution in [3.8, 4) is 0 Å². The molecular formula is C12H15F3N2. The second-order valence-corrected chi connectivity index (χ2v) is 4.62. The van der Waals surface area contributed by atoms with Crippen molar-refractivity contribution in [3.05, 3.63) is 29.3 Å². The Morgan fingerprint density at radius 1 is 1.35 bits per heavy atom. The topological polar surface area (TPSA) is 38.0 Å². The van der Waals surface area contributed by atoms with Crippen LogP contribution in [0.2, 0.25) is 0 Å². The average Bonchev–Trinajstić information content (AvgIpc) is 3.00. The first kappa shape index (κ1) is 12.2. The lowest BCUT2D eigenvalue weighted by Crippen LogP contribution is -2.44. The molecule has 0 atom stereocenters. The molecule has 2 nitrogen and oxygen atoms in total. The van der Waals surface area contributed by atoms with Crippen molar-refractivity contribution in [2.45, 2.75) is 38.0 Å². The van der Waals surface area contributed by atoms with E-state index in [-0.39, 0.29) is 19.4 Å². The van der Waals surface area contributed by atoms with E-state index in [2.05, 4.69) is 5.32 Å². The molecule has 17 heavy (non-hydrogen) atoms. The molecule has 0 aliphatic heterocycles. The lowest BCUT2D eigenvalue weighted by molar-refractivity contribution is -0.166. The highest BCUT2D eigenvalue weighted by Crippen LogP contribution is 2.49. The molecule has 0 saturated heterocycles. The van der Waals surface area contributed by atoms with E-state index in [1.54, 1.807) is 12.1 Å². The molecule has 1 fully saturated rings. The van der Waals surface area contributed by atoms with E-state index >= 15 is 0 Å². The highest BCUT2D eigenvalue weighted by Gasteiger charge is 2.62. The van der Waals surface area contributed by atoms with Gasteiger partial charge >= 0.3 is 6.18 Å². The van der Waals surface area contributed by atoms with Gasteiger partial charge in [0.1, 0.15) is 5.54 Å². The van der Waals surface area contributed by atoms with Gasteiger partial charge in [0.2, 0.25) is 0 Å². The van der Waals surface area contributed by atoms with Crippen LogP contribution in [0.4, 0.5) is 18.9 Å². The normalized spacial score (nSPS) is 18.1. The summed E-state index contributed by atoms with van der Waals surface area (Å²) >= 11 is 0. The minimum atomic E-state index is -4.16. The smallest absolute Gasteiger partial charge is 0.399 e. The average molecular weight is 244 g/mol. The molecule has 2 rings (SSSR count). The highest BCUT2D eigenvalue weighted by molar-refractivity contribution is 5.47. The maximum absolute atomic E-state index is 12.7. The van der Waals surface area contributed by atoms with Crippen LogP contribution in [0.15, 0.2) is 18.2 Å². The number of nitrogen functional groups attached to an aromatic ring is 1. The van der Waals surface area contributed by atoms with Crippen molar-refractivity contribution in [1.82, 2.24) is 5.32 Å². The van der Waals surface area contributed by atoms with Crippen molar-refractivity contribution < 1.29 is 13.2 Å². The van der Waals surface area contributed by atoms with Crippen molar-refractivity contribution in [2.75, 3.05) is 5.73 Å². The van der Waals surface area contributed by atoms with Crippen LogP contribution >= 0.6 is 0 Å². The molecule has 0 unspecified atom stereocenters. The SMILES string of the molecule is Cc1cc(CNC2(C(F)(F)F)CC2)ccc1N. The van der Waals surface area contributed by atoms with Crippen molar-refractivity contribution in [3.63, 3.8) is 0 Å². The van der Waals surface area contributed by atoms with Crippen molar-refractivity contribution in [2.24, 2.45) is 0 Å². The molecular weight excluding hydrogens is 229 g/mol. The number of alkyl halides is 3. The van der Waals surface area contributed by atoms with Gasteiger partial charge in [0.15, 0.2) is 0 Å². The van der Waals surface area contributed by atoms with E-state index in [9.17, 15) is 13.2 Å². The first-order valence-corrected chi connectivity index (χ1v) is 5.51. The molecule has 1 aliphatic carbocycles. The fraction of sp³-hybridized carbons (Fsp3) is 0.500. The lowest BCUT2D eigenvalue weighted by atomic mass is 10.1. The number of benzene rings is 1. The van der Waals surface area contributed by atoms with Crippen LogP contribution in [0, 0.1) is 6.92 Å². The highest BCUT2D eigenvalue weighted by atomic mass is 19.4. The number of rotatable bonds is 3. The molecule has 94 valence electrons. The molecule has 0 bridgehead atoms. The summed E-state index contributed by atoms with van der Waals surface area (Å²) in [4.78, 5) is 0. The van der Waals surface area contributed by atoms with E-state index in [4.69, 9.17) is 5.73 Å². The Morgan fingerprint density at radius 2 is 2.00 bits per heavy atom. The molecule has 1 saturated carbocycles. The van der Waals surface area contributed by atoms with Gasteiger partial charge in [0.25, 0.3) is 0 Å². The summed E-state index contributed by atoms with van der Waals surface area (Å²) in [5.41, 5.74) is 6.38. The van der Waals surface area contributed by atoms with Gasteiger partial charge in [0.05, 0.1) is 0 Å². The van der Waals surface area contributed by atoms with Crippen LogP contribution in [0.5, 0.6) is 0 Å². The number of anilines is 1. The maximum atomic E-state index is 12.7. The second-order valence-electron chi connectivity index (χ2n) is 4.62. The number of hydrogen-bond donors (Lipinski definition) is 2. The Morgan fingerprint density at radius 3 is 2.47 bits per heavy atom. The van der Waals surface area contributed by atoms with E-state index < -0.39 is 11.7 Å². The predicted octanol–water partition coefficient (Wildman–Crippen LogP) is 2.76. The summed E-state index contributed by atoms with van der Waals surface area (Å²) in [7, 11) is 0. The standard InChI is InChI=1S/C12H15F3N2/c1-8-6-9(2-3-10(8)16)7-17-11(4-5-11)12(13,14)15/h2-3,6,17H,4-5,7,16H2,1H3. The van der Waals surface area contributed by atoms with Gasteiger partial charge in [-0.2, -0.15) is 13.2 Å². The molecule has 1 aliphatic rings. The minimum Gasteiger partial charge on any atom is -0.399 e. The van der Waals surface area contributed by atoms with Crippen LogP contribution in [0.25, 0.3) is 0 Å². The van der Waals surface area contributed by atoms with Gasteiger partial charge in [-0.1, -0.05) is 12.1 Å². The predicted molar refractivity (Wildman–Crippen MR) is 60.5 cm³/mol. The molecule has 0 heterocycles. The molecule has 1 aromatic carbocycles. The Bertz CT molecular complexity index is 422. The summed E-state index contributed by atoms with van der Waals surface area (Å²) in [6.45, 7) is 2.07. The molecule has 3 N–H and O–H groups in total. The van der Waals surface area contributed by atoms with Crippen LogP contribution in [-0.4, -0.2) is 11.7 Å². The lowest BCUT2D eigenvalue weighted by Gasteiger charge is -2.21. The van der Waals surface area contributed by atoms with E-state index in [1.807, 2.05) is 13.0 Å². The van der Waals surface area contributed by atoms with Crippen molar-refractivity contribution >= 4 is 5.69 Å². The molecule has 0 amide bonds. The Balaban J connectivity index is 2.01. The molecule has 1 aromatic rings. The Hall–Kier alpha value is -1.23. The Labute approximate surface area is 98.0 Å². The monoisotopic (exact) mass is 244 g/mol. The van der Waals surface area contributed by atoms with Gasteiger partial charge in [-0.15, -0.1) is 0 Å². The minimum absolute atomic E-state index is 0.171. The third kappa shape index (κ3) is 2.39. The first-order chi connectivity index (χ1) is 7.84. The number of nitrogens with two attached hydrogens (primary N) is 1. The second kappa shape index (κ2) is 3.91. The Kier molecular flexibility index (Phi) is 2.81. The van der Waals surface area contributed by atoms with E-state index in [0.29, 0.717) is 5.69 Å². The zero-order chi connectivity index (χ0) is 12.7. The third-order valence-electron chi connectivity index (χ3n) is 3.26. The number of nitrogens with one attached hydrogen (secondary N) is 1. The summed E-state index contributed by atoms with van der Waals surface area (Å²) in [6, 6.07) is 5.29. The summed E-state index contributed by atoms with van der Waals surface area (Å²) < 4.78 is 38.0. The van der Waals surface area contributed by atoms with Gasteiger partial charge in [0, 0.05) is 12.2 Å². The molecule has 0 radical (unpaired) electrons. The van der Waals surface area contributed by atoms with Crippen LogP contribution in [0.1, 0.15) is 24.0 Å². The van der Waals surface area contributed by atoms with E-state index in [1.165, 1.54) is 0 Å². The summed E-state index contributed by atoms with van der Waals surface area (Å²) in [5, 5.41) is 2.61. The van der Waals surface area contributed by atoms with E-state index in [0.717, 1.165) is 11.1 Å². The quantitative estimate of drug-likeness (QED) is 0.802. The van der Waals surface area contributed by atoms with Crippen molar-refractivity contribution in [1.29, 1.82) is 0 Å². The summed E-state index contributed by atoms with van der Waals surface area (Å²) in [6.07, 6.45) is -3.81. The van der Waals surface area contributed by atoms with Crippen LogP contribution in [0.3, 0.4) is 0 Å². The maximum Gasteiger partial charge on any atom is 0.406 e. The van der Waals surface area contributed by atoms with Gasteiger partial charge in [-0.05, 0) is 37.0 Å². The van der Waals surface area contributed by atoms with Crippen LogP contribution in [-0.2, 0) is 6.54 Å². The van der Waals surface area contributed by atoms with Gasteiger partial charge in [-0.25, -0.2) is 0 Å². The van der Waals surface area contributed by atoms with Gasteiger partial charge < -0.3 is 5.73 Å². The summed E-state index contributed by atoms with van der Waals surface area (Å²) in [5.74, 6) is 0. The first-order valence-electron chi connectivity index (χ1n) is 5.51. The van der Waals surface area contributed by atoms with Gasteiger partial charge in [-0.3, -0.25) is 5.32 Å². The molecule has 5 heteroatoms. The number of aryl methyl sites for hydroxylation is 1. The number of hydrogen-bond acceptors (Lipinski definition) is 2. The fourth-order valence-electron chi connectivity index (χ4n) is 1.80. The largest absolute Gasteiger partial charge is 0.406 e. The number of halogens is 3. The molecule has 0 aromatic heterocycles.